The minimum Gasteiger partial charge on any atom is -0.493 e. The minimum absolute atomic E-state index is 0.0252. The Hall–Kier alpha value is -1.95. The summed E-state index contributed by atoms with van der Waals surface area (Å²) in [5.74, 6) is 1.01. The molecule has 0 radical (unpaired) electrons. The number of nitrogens with zero attached hydrogens (tertiary/aromatic N) is 1. The molecule has 1 saturated heterocycles. The van der Waals surface area contributed by atoms with Gasteiger partial charge in [0.1, 0.15) is 6.04 Å². The van der Waals surface area contributed by atoms with Gasteiger partial charge in [-0.1, -0.05) is 19.8 Å². The van der Waals surface area contributed by atoms with Crippen LogP contribution in [0.5, 0.6) is 17.2 Å². The van der Waals surface area contributed by atoms with E-state index in [0.717, 1.165) is 37.8 Å². The third-order valence-corrected chi connectivity index (χ3v) is 4.88. The van der Waals surface area contributed by atoms with E-state index in [1.54, 1.807) is 21.3 Å². The Balaban J connectivity index is 2.45. The number of benzene rings is 1. The van der Waals surface area contributed by atoms with Gasteiger partial charge in [0.2, 0.25) is 5.75 Å². The van der Waals surface area contributed by atoms with Crippen molar-refractivity contribution in [2.75, 3.05) is 27.9 Å². The number of hydrogen-bond donors (Lipinski definition) is 1. The highest BCUT2D eigenvalue weighted by molar-refractivity contribution is 5.74. The van der Waals surface area contributed by atoms with Crippen molar-refractivity contribution in [1.82, 2.24) is 4.90 Å². The molecule has 6 nitrogen and oxygen atoms in total. The zero-order valence-corrected chi connectivity index (χ0v) is 15.6. The summed E-state index contributed by atoms with van der Waals surface area (Å²) in [5, 5.41) is 9.58. The molecule has 6 heteroatoms. The summed E-state index contributed by atoms with van der Waals surface area (Å²) in [7, 11) is 4.77. The smallest absolute Gasteiger partial charge is 0.320 e. The summed E-state index contributed by atoms with van der Waals surface area (Å²) in [6.07, 6.45) is 4.60. The first kappa shape index (κ1) is 19.4. The quantitative estimate of drug-likeness (QED) is 0.734. The third kappa shape index (κ3) is 4.18. The average Bonchev–Trinajstić information content (AvgIpc) is 3.10. The average molecular weight is 351 g/mol. The normalized spacial score (nSPS) is 18.8. The predicted octanol–water partition coefficient (Wildman–Crippen LogP) is 3.49. The highest BCUT2D eigenvalue weighted by Crippen LogP contribution is 2.43. The molecule has 2 unspecified atom stereocenters. The summed E-state index contributed by atoms with van der Waals surface area (Å²) < 4.78 is 16.3. The highest BCUT2D eigenvalue weighted by atomic mass is 16.5. The summed E-state index contributed by atoms with van der Waals surface area (Å²) in [6.45, 7) is 2.94. The Morgan fingerprint density at radius 3 is 2.36 bits per heavy atom. The van der Waals surface area contributed by atoms with Gasteiger partial charge < -0.3 is 19.3 Å². The van der Waals surface area contributed by atoms with Gasteiger partial charge in [0.05, 0.1) is 21.3 Å². The number of ether oxygens (including phenoxy) is 3. The molecular weight excluding hydrogens is 322 g/mol. The molecule has 2 atom stereocenters. The summed E-state index contributed by atoms with van der Waals surface area (Å²) in [6, 6.07) is 3.48. The number of hydrogen-bond acceptors (Lipinski definition) is 5. The predicted molar refractivity (Wildman–Crippen MR) is 95.7 cm³/mol. The maximum Gasteiger partial charge on any atom is 0.320 e. The topological polar surface area (TPSA) is 68.2 Å². The van der Waals surface area contributed by atoms with Crippen LogP contribution in [0.4, 0.5) is 0 Å². The van der Waals surface area contributed by atoms with E-state index in [1.165, 1.54) is 0 Å². The molecule has 1 aliphatic rings. The van der Waals surface area contributed by atoms with Crippen LogP contribution in [0.15, 0.2) is 12.1 Å². The SMILES string of the molecule is CCCCC(c1cc(OC)c(OC)c(OC)c1)N1CCCC1C(=O)O. The van der Waals surface area contributed by atoms with Gasteiger partial charge in [-0.3, -0.25) is 9.69 Å². The number of carboxylic acid groups (broad SMARTS) is 1. The molecule has 140 valence electrons. The van der Waals surface area contributed by atoms with Gasteiger partial charge in [-0.25, -0.2) is 0 Å². The van der Waals surface area contributed by atoms with Gasteiger partial charge in [-0.05, 0) is 43.5 Å². The first-order valence-electron chi connectivity index (χ1n) is 8.85. The van der Waals surface area contributed by atoms with Crippen LogP contribution in [0.25, 0.3) is 0 Å². The van der Waals surface area contributed by atoms with Gasteiger partial charge in [0.25, 0.3) is 0 Å². The molecule has 1 aromatic rings. The lowest BCUT2D eigenvalue weighted by molar-refractivity contribution is -0.143. The Labute approximate surface area is 149 Å². The van der Waals surface area contributed by atoms with Crippen LogP contribution in [0.2, 0.25) is 0 Å². The van der Waals surface area contributed by atoms with Crippen LogP contribution in [-0.4, -0.2) is 49.9 Å². The molecule has 1 aliphatic heterocycles. The van der Waals surface area contributed by atoms with Crippen molar-refractivity contribution in [1.29, 1.82) is 0 Å². The Morgan fingerprint density at radius 1 is 1.24 bits per heavy atom. The first-order chi connectivity index (χ1) is 12.1. The molecule has 0 amide bonds. The van der Waals surface area contributed by atoms with Crippen LogP contribution in [0, 0.1) is 0 Å². The van der Waals surface area contributed by atoms with E-state index in [1.807, 2.05) is 12.1 Å². The van der Waals surface area contributed by atoms with Gasteiger partial charge in [-0.15, -0.1) is 0 Å². The largest absolute Gasteiger partial charge is 0.493 e. The van der Waals surface area contributed by atoms with E-state index in [-0.39, 0.29) is 6.04 Å². The van der Waals surface area contributed by atoms with Gasteiger partial charge in [-0.2, -0.15) is 0 Å². The van der Waals surface area contributed by atoms with Crippen molar-refractivity contribution >= 4 is 5.97 Å². The highest BCUT2D eigenvalue weighted by Gasteiger charge is 2.36. The Kier molecular flexibility index (Phi) is 6.93. The molecule has 1 N–H and O–H groups in total. The maximum absolute atomic E-state index is 11.7. The molecule has 1 heterocycles. The van der Waals surface area contributed by atoms with E-state index in [2.05, 4.69) is 11.8 Å². The third-order valence-electron chi connectivity index (χ3n) is 4.88. The monoisotopic (exact) mass is 351 g/mol. The maximum atomic E-state index is 11.7. The molecule has 25 heavy (non-hydrogen) atoms. The van der Waals surface area contributed by atoms with Crippen molar-refractivity contribution in [2.24, 2.45) is 0 Å². The number of rotatable bonds is 9. The van der Waals surface area contributed by atoms with E-state index in [9.17, 15) is 9.90 Å². The number of carboxylic acids is 1. The van der Waals surface area contributed by atoms with Crippen LogP contribution in [0.3, 0.4) is 0 Å². The lowest BCUT2D eigenvalue weighted by atomic mass is 9.97. The van der Waals surface area contributed by atoms with Crippen molar-refractivity contribution in [3.63, 3.8) is 0 Å². The number of methoxy groups -OCH3 is 3. The van der Waals surface area contributed by atoms with Gasteiger partial charge >= 0.3 is 5.97 Å². The van der Waals surface area contributed by atoms with Crippen molar-refractivity contribution in [2.45, 2.75) is 51.1 Å². The van der Waals surface area contributed by atoms with Crippen molar-refractivity contribution < 1.29 is 24.1 Å². The Bertz CT molecular complexity index is 564. The molecule has 1 fully saturated rings. The number of aliphatic carboxylic acids is 1. The minimum atomic E-state index is -0.744. The Morgan fingerprint density at radius 2 is 1.88 bits per heavy atom. The number of unbranched alkanes of at least 4 members (excludes halogenated alkanes) is 1. The zero-order chi connectivity index (χ0) is 18.4. The molecule has 0 bridgehead atoms. The van der Waals surface area contributed by atoms with Crippen LogP contribution >= 0.6 is 0 Å². The fourth-order valence-corrected chi connectivity index (χ4v) is 3.64. The summed E-state index contributed by atoms with van der Waals surface area (Å²) in [4.78, 5) is 13.8. The standard InChI is InChI=1S/C19H29NO5/c1-5-6-8-14(20-10-7-9-15(20)19(21)22)13-11-16(23-2)18(25-4)17(12-13)24-3/h11-12,14-15H,5-10H2,1-4H3,(H,21,22). The van der Waals surface area contributed by atoms with Crippen LogP contribution in [0.1, 0.15) is 50.6 Å². The van der Waals surface area contributed by atoms with E-state index in [0.29, 0.717) is 23.7 Å². The molecule has 2 rings (SSSR count). The summed E-state index contributed by atoms with van der Waals surface area (Å²) in [5.41, 5.74) is 1.01. The van der Waals surface area contributed by atoms with Crippen molar-refractivity contribution in [3.8, 4) is 17.2 Å². The first-order valence-corrected chi connectivity index (χ1v) is 8.85. The van der Waals surface area contributed by atoms with E-state index in [4.69, 9.17) is 14.2 Å². The molecule has 1 aromatic carbocycles. The molecule has 0 aliphatic carbocycles. The molecular formula is C19H29NO5. The van der Waals surface area contributed by atoms with E-state index < -0.39 is 12.0 Å². The second-order valence-corrected chi connectivity index (χ2v) is 6.35. The van der Waals surface area contributed by atoms with Crippen LogP contribution < -0.4 is 14.2 Å². The number of carbonyl (C=O) groups is 1. The number of likely N-dealkylation sites (tertiary alicyclic amines) is 1. The zero-order valence-electron chi connectivity index (χ0n) is 15.6. The van der Waals surface area contributed by atoms with E-state index >= 15 is 0 Å². The lowest BCUT2D eigenvalue weighted by Gasteiger charge is -2.32. The lowest BCUT2D eigenvalue weighted by Crippen LogP contribution is -2.38. The summed E-state index contributed by atoms with van der Waals surface area (Å²) >= 11 is 0. The van der Waals surface area contributed by atoms with Gasteiger partial charge in [0, 0.05) is 6.04 Å². The fraction of sp³-hybridized carbons (Fsp3) is 0.632. The fourth-order valence-electron chi connectivity index (χ4n) is 3.64. The molecule has 0 saturated carbocycles. The second kappa shape index (κ2) is 8.94. The van der Waals surface area contributed by atoms with Gasteiger partial charge in [0.15, 0.2) is 11.5 Å². The van der Waals surface area contributed by atoms with Crippen LogP contribution in [-0.2, 0) is 4.79 Å². The molecule has 0 aromatic heterocycles. The molecule has 0 spiro atoms. The van der Waals surface area contributed by atoms with Crippen molar-refractivity contribution in [3.05, 3.63) is 17.7 Å². The second-order valence-electron chi connectivity index (χ2n) is 6.35.